The summed E-state index contributed by atoms with van der Waals surface area (Å²) in [4.78, 5) is 13.6. The topological polar surface area (TPSA) is 26.3 Å². The van der Waals surface area contributed by atoms with Gasteiger partial charge in [0.25, 0.3) is 0 Å². The maximum Gasteiger partial charge on any atom is 0.309 e. The van der Waals surface area contributed by atoms with Crippen LogP contribution in [0.3, 0.4) is 0 Å². The highest BCUT2D eigenvalue weighted by atomic mass is 16.5. The Morgan fingerprint density at radius 2 is 0.500 bits per heavy atom. The van der Waals surface area contributed by atoms with Crippen molar-refractivity contribution in [1.29, 1.82) is 0 Å². The van der Waals surface area contributed by atoms with Crippen molar-refractivity contribution in [2.24, 2.45) is 5.92 Å². The van der Waals surface area contributed by atoms with Gasteiger partial charge in [0.05, 0.1) is 5.92 Å². The van der Waals surface area contributed by atoms with Gasteiger partial charge >= 0.3 is 5.97 Å². The van der Waals surface area contributed by atoms with E-state index in [9.17, 15) is 4.79 Å². The third-order valence-corrected chi connectivity index (χ3v) is 11.4. The Morgan fingerprint density at radius 3 is 0.760 bits per heavy atom. The molecule has 0 saturated carbocycles. The Bertz CT molecular complexity index is 630. The van der Waals surface area contributed by atoms with Gasteiger partial charge in [-0.05, 0) is 38.5 Å². The van der Waals surface area contributed by atoms with E-state index < -0.39 is 0 Å². The third-order valence-electron chi connectivity index (χ3n) is 11.4. The van der Waals surface area contributed by atoms with Crippen molar-refractivity contribution < 1.29 is 9.53 Å². The van der Waals surface area contributed by atoms with Crippen LogP contribution in [0.5, 0.6) is 0 Å². The Morgan fingerprint density at radius 1 is 0.300 bits per heavy atom. The van der Waals surface area contributed by atoms with Crippen LogP contribution in [0, 0.1) is 5.92 Å². The monoisotopic (exact) mass is 705 g/mol. The number of carbonyl (C=O) groups is 1. The lowest BCUT2D eigenvalue weighted by Crippen LogP contribution is -2.25. The lowest BCUT2D eigenvalue weighted by atomic mass is 9.94. The van der Waals surface area contributed by atoms with Gasteiger partial charge in [0.15, 0.2) is 0 Å². The van der Waals surface area contributed by atoms with Crippen LogP contribution in [-0.4, -0.2) is 12.1 Å². The molecular formula is C48H96O2. The molecule has 0 spiro atoms. The largest absolute Gasteiger partial charge is 0.462 e. The summed E-state index contributed by atoms with van der Waals surface area (Å²) in [6.45, 7) is 9.17. The van der Waals surface area contributed by atoms with Gasteiger partial charge in [-0.2, -0.15) is 0 Å². The zero-order chi connectivity index (χ0) is 36.4. The number of hydrogen-bond donors (Lipinski definition) is 0. The number of rotatable bonds is 43. The fraction of sp³-hybridized carbons (Fsp3) is 0.979. The molecule has 0 aromatic rings. The van der Waals surface area contributed by atoms with Gasteiger partial charge in [0.2, 0.25) is 0 Å². The molecule has 300 valence electrons. The molecule has 0 heterocycles. The van der Waals surface area contributed by atoms with E-state index in [-0.39, 0.29) is 18.0 Å². The number of hydrogen-bond acceptors (Lipinski definition) is 2. The van der Waals surface area contributed by atoms with Crippen LogP contribution < -0.4 is 0 Å². The van der Waals surface area contributed by atoms with E-state index in [1.54, 1.807) is 0 Å². The van der Waals surface area contributed by atoms with E-state index in [0.29, 0.717) is 0 Å². The molecule has 2 nitrogen and oxygen atoms in total. The minimum absolute atomic E-state index is 0.128. The van der Waals surface area contributed by atoms with Gasteiger partial charge in [0.1, 0.15) is 6.10 Å². The van der Waals surface area contributed by atoms with Gasteiger partial charge < -0.3 is 4.74 Å². The molecule has 2 atom stereocenters. The first-order valence-corrected chi connectivity index (χ1v) is 23.9. The van der Waals surface area contributed by atoms with Crippen molar-refractivity contribution in [1.82, 2.24) is 0 Å². The molecule has 0 aliphatic carbocycles. The summed E-state index contributed by atoms with van der Waals surface area (Å²) >= 11 is 0. The quantitative estimate of drug-likeness (QED) is 0.0466. The molecule has 2 unspecified atom stereocenters. The average Bonchev–Trinajstić information content (AvgIpc) is 3.12. The first-order valence-electron chi connectivity index (χ1n) is 23.9. The van der Waals surface area contributed by atoms with Crippen LogP contribution in [0.1, 0.15) is 291 Å². The van der Waals surface area contributed by atoms with Crippen LogP contribution in [0.4, 0.5) is 0 Å². The van der Waals surface area contributed by atoms with Crippen LogP contribution >= 0.6 is 0 Å². The maximum atomic E-state index is 13.6. The van der Waals surface area contributed by atoms with Crippen LogP contribution in [0.2, 0.25) is 0 Å². The maximum absolute atomic E-state index is 13.6. The van der Waals surface area contributed by atoms with E-state index in [0.717, 1.165) is 25.7 Å². The third kappa shape index (κ3) is 37.2. The van der Waals surface area contributed by atoms with Crippen molar-refractivity contribution in [2.75, 3.05) is 0 Å². The fourth-order valence-electron chi connectivity index (χ4n) is 7.85. The van der Waals surface area contributed by atoms with Gasteiger partial charge in [0, 0.05) is 0 Å². The molecule has 0 bridgehead atoms. The predicted molar refractivity (Wildman–Crippen MR) is 225 cm³/mol. The lowest BCUT2D eigenvalue weighted by Gasteiger charge is -2.22. The first kappa shape index (κ1) is 49.5. The molecule has 0 N–H and O–H groups in total. The Hall–Kier alpha value is -0.530. The molecule has 50 heavy (non-hydrogen) atoms. The van der Waals surface area contributed by atoms with Crippen molar-refractivity contribution in [3.8, 4) is 0 Å². The molecule has 0 radical (unpaired) electrons. The lowest BCUT2D eigenvalue weighted by molar-refractivity contribution is -0.155. The van der Waals surface area contributed by atoms with Crippen LogP contribution in [0.15, 0.2) is 0 Å². The zero-order valence-corrected chi connectivity index (χ0v) is 35.5. The summed E-state index contributed by atoms with van der Waals surface area (Å²) in [6.07, 6.45) is 54.8. The zero-order valence-electron chi connectivity index (χ0n) is 35.5. The van der Waals surface area contributed by atoms with Crippen molar-refractivity contribution in [3.63, 3.8) is 0 Å². The summed E-state index contributed by atoms with van der Waals surface area (Å²) in [5.74, 6) is 0.281. The number of esters is 1. The highest BCUT2D eigenvalue weighted by Crippen LogP contribution is 2.24. The summed E-state index contributed by atoms with van der Waals surface area (Å²) in [5, 5.41) is 0. The van der Waals surface area contributed by atoms with E-state index in [2.05, 4.69) is 27.7 Å². The van der Waals surface area contributed by atoms with E-state index >= 15 is 0 Å². The normalized spacial score (nSPS) is 12.8. The van der Waals surface area contributed by atoms with Crippen molar-refractivity contribution in [2.45, 2.75) is 297 Å². The molecule has 0 aliphatic rings. The average molecular weight is 705 g/mol. The van der Waals surface area contributed by atoms with Gasteiger partial charge in [-0.25, -0.2) is 0 Å². The minimum atomic E-state index is 0.128. The van der Waals surface area contributed by atoms with E-state index in [1.807, 2.05) is 0 Å². The molecule has 0 aromatic carbocycles. The second kappa shape index (κ2) is 42.9. The van der Waals surface area contributed by atoms with Crippen molar-refractivity contribution >= 4 is 5.97 Å². The molecule has 0 amide bonds. The molecule has 0 saturated heterocycles. The summed E-state index contributed by atoms with van der Waals surface area (Å²) in [5.41, 5.74) is 0. The highest BCUT2D eigenvalue weighted by molar-refractivity contribution is 5.72. The molecule has 0 aliphatic heterocycles. The van der Waals surface area contributed by atoms with Gasteiger partial charge in [-0.1, -0.05) is 252 Å². The summed E-state index contributed by atoms with van der Waals surface area (Å²) < 4.78 is 6.45. The van der Waals surface area contributed by atoms with Crippen LogP contribution in [0.25, 0.3) is 0 Å². The van der Waals surface area contributed by atoms with Crippen molar-refractivity contribution in [3.05, 3.63) is 0 Å². The number of ether oxygens (including phenoxy) is 1. The van der Waals surface area contributed by atoms with Crippen LogP contribution in [-0.2, 0) is 9.53 Å². The van der Waals surface area contributed by atoms with E-state index in [4.69, 9.17) is 4.74 Å². The first-order chi connectivity index (χ1) is 24.7. The minimum Gasteiger partial charge on any atom is -0.462 e. The smallest absolute Gasteiger partial charge is 0.309 e. The highest BCUT2D eigenvalue weighted by Gasteiger charge is 2.23. The van der Waals surface area contributed by atoms with Gasteiger partial charge in [-0.15, -0.1) is 0 Å². The summed E-state index contributed by atoms with van der Waals surface area (Å²) in [6, 6.07) is 0. The Labute approximate surface area is 317 Å². The molecule has 0 fully saturated rings. The second-order valence-corrected chi connectivity index (χ2v) is 16.6. The second-order valence-electron chi connectivity index (χ2n) is 16.6. The van der Waals surface area contributed by atoms with E-state index in [1.165, 1.54) is 238 Å². The molecular weight excluding hydrogens is 609 g/mol. The standard InChI is InChI=1S/C48H96O2/c1-5-9-13-17-20-22-24-26-27-28-30-32-34-37-41-45-47(44-40-36-33-31-29-25-23-21-18-14-10-6-2)50-48(49)46(42-38-16-12-8-4)43-39-35-19-15-11-7-3/h46-47H,5-45H2,1-4H3. The summed E-state index contributed by atoms with van der Waals surface area (Å²) in [7, 11) is 0. The van der Waals surface area contributed by atoms with Gasteiger partial charge in [-0.3, -0.25) is 4.79 Å². The SMILES string of the molecule is CCCCCCCCCCCCCCCCCC(CCCCCCCCCCCCCC)OC(=O)C(CCCCCC)CCCCCCCC. The fourth-order valence-corrected chi connectivity index (χ4v) is 7.85. The Kier molecular flexibility index (Phi) is 42.4. The number of carbonyl (C=O) groups excluding carboxylic acids is 1. The Balaban J connectivity index is 4.55. The molecule has 0 aromatic heterocycles. The predicted octanol–water partition coefficient (Wildman–Crippen LogP) is 17.6. The molecule has 0 rings (SSSR count). The number of unbranched alkanes of at least 4 members (excludes halogenated alkanes) is 33. The molecule has 2 heteroatoms.